The van der Waals surface area contributed by atoms with E-state index in [-0.39, 0.29) is 23.4 Å². The van der Waals surface area contributed by atoms with Crippen molar-refractivity contribution in [1.29, 1.82) is 0 Å². The fourth-order valence-electron chi connectivity index (χ4n) is 2.89. The van der Waals surface area contributed by atoms with Crippen LogP contribution in [0, 0.1) is 11.7 Å². The van der Waals surface area contributed by atoms with Crippen LogP contribution in [0.15, 0.2) is 23.1 Å². The van der Waals surface area contributed by atoms with Gasteiger partial charge >= 0.3 is 0 Å². The van der Waals surface area contributed by atoms with Crippen LogP contribution in [0.5, 0.6) is 0 Å². The van der Waals surface area contributed by atoms with Gasteiger partial charge < -0.3 is 10.6 Å². The van der Waals surface area contributed by atoms with E-state index in [4.69, 9.17) is 10.9 Å². The second-order valence-corrected chi connectivity index (χ2v) is 7.14. The third-order valence-corrected chi connectivity index (χ3v) is 5.05. The number of halogens is 1. The predicted octanol–water partition coefficient (Wildman–Crippen LogP) is 0.672. The van der Waals surface area contributed by atoms with E-state index in [1.165, 1.54) is 6.07 Å². The summed E-state index contributed by atoms with van der Waals surface area (Å²) in [7, 11) is -4.14. The molecule has 1 fully saturated rings. The fourth-order valence-corrected chi connectivity index (χ4v) is 3.48. The number of benzene rings is 1. The van der Waals surface area contributed by atoms with Gasteiger partial charge in [-0.05, 0) is 37.0 Å². The van der Waals surface area contributed by atoms with Crippen molar-refractivity contribution in [1.82, 2.24) is 4.90 Å². The highest BCUT2D eigenvalue weighted by atomic mass is 32.2. The van der Waals surface area contributed by atoms with Crippen LogP contribution in [0.25, 0.3) is 0 Å². The molecule has 0 spiro atoms. The van der Waals surface area contributed by atoms with Gasteiger partial charge in [0.1, 0.15) is 10.7 Å². The van der Waals surface area contributed by atoms with Crippen molar-refractivity contribution in [2.45, 2.75) is 30.7 Å². The smallest absolute Gasteiger partial charge is 0.254 e. The Labute approximate surface area is 129 Å². The lowest BCUT2D eigenvalue weighted by atomic mass is 9.90. The van der Waals surface area contributed by atoms with Gasteiger partial charge in [-0.2, -0.15) is 0 Å². The number of carbonyl (C=O) groups excluding carboxylic acids is 1. The summed E-state index contributed by atoms with van der Waals surface area (Å²) >= 11 is 0. The molecule has 0 aliphatic carbocycles. The van der Waals surface area contributed by atoms with Crippen molar-refractivity contribution >= 4 is 15.9 Å². The van der Waals surface area contributed by atoms with Crippen molar-refractivity contribution in [2.24, 2.45) is 16.8 Å². The number of rotatable bonds is 3. The van der Waals surface area contributed by atoms with Gasteiger partial charge in [0, 0.05) is 24.7 Å². The summed E-state index contributed by atoms with van der Waals surface area (Å²) in [5, 5.41) is 4.91. The summed E-state index contributed by atoms with van der Waals surface area (Å²) in [6, 6.07) is 3.11. The third kappa shape index (κ3) is 3.29. The zero-order valence-corrected chi connectivity index (χ0v) is 13.1. The molecule has 0 bridgehead atoms. The molecular weight excluding hydrogens is 309 g/mol. The van der Waals surface area contributed by atoms with Crippen molar-refractivity contribution in [3.05, 3.63) is 29.6 Å². The molecule has 22 heavy (non-hydrogen) atoms. The average Bonchev–Trinajstić information content (AvgIpc) is 2.44. The fraction of sp³-hybridized carbons (Fsp3) is 0.500. The van der Waals surface area contributed by atoms with Crippen LogP contribution >= 0.6 is 0 Å². The van der Waals surface area contributed by atoms with Gasteiger partial charge in [-0.25, -0.2) is 17.9 Å². The number of nitrogens with two attached hydrogens (primary N) is 2. The largest absolute Gasteiger partial charge is 0.334 e. The minimum atomic E-state index is -4.14. The van der Waals surface area contributed by atoms with E-state index in [1.54, 1.807) is 4.90 Å². The molecule has 6 nitrogen and oxygen atoms in total. The first-order chi connectivity index (χ1) is 10.3. The molecule has 1 aliphatic heterocycles. The second-order valence-electron chi connectivity index (χ2n) is 5.61. The van der Waals surface area contributed by atoms with Crippen LogP contribution in [0.3, 0.4) is 0 Å². The summed E-state index contributed by atoms with van der Waals surface area (Å²) in [6.07, 6.45) is 1.85. The summed E-state index contributed by atoms with van der Waals surface area (Å²) in [5.74, 6) is -1.10. The molecule has 8 heteroatoms. The lowest BCUT2D eigenvalue weighted by Gasteiger charge is -2.39. The van der Waals surface area contributed by atoms with Crippen LogP contribution in [-0.2, 0) is 10.0 Å². The Balaban J connectivity index is 2.31. The normalized spacial score (nSPS) is 22.6. The maximum absolute atomic E-state index is 13.9. The van der Waals surface area contributed by atoms with Gasteiger partial charge in [-0.1, -0.05) is 6.92 Å². The number of hydrogen-bond donors (Lipinski definition) is 2. The van der Waals surface area contributed by atoms with Crippen LogP contribution < -0.4 is 10.9 Å². The Morgan fingerprint density at radius 3 is 2.68 bits per heavy atom. The first-order valence-electron chi connectivity index (χ1n) is 7.09. The molecule has 1 aliphatic rings. The second kappa shape index (κ2) is 6.31. The van der Waals surface area contributed by atoms with Crippen LogP contribution in [-0.4, -0.2) is 38.4 Å². The number of amides is 1. The Hall–Kier alpha value is -1.51. The highest BCUT2D eigenvalue weighted by molar-refractivity contribution is 7.89. The number of piperidine rings is 1. The molecule has 1 heterocycles. The number of primary sulfonamides is 1. The molecule has 0 aromatic heterocycles. The standard InChI is InChI=1S/C14H20FN3O3S/c1-9-3-2-6-18(12(9)8-16)14(19)10-4-5-13(11(15)7-10)22(17,20)21/h4-5,7,9,12H,2-3,6,8,16H2,1H3,(H2,17,20,21)/t9-,12+/m0/s1. The highest BCUT2D eigenvalue weighted by Gasteiger charge is 2.31. The maximum Gasteiger partial charge on any atom is 0.254 e. The van der Waals surface area contributed by atoms with E-state index in [2.05, 4.69) is 0 Å². The summed E-state index contributed by atoms with van der Waals surface area (Å²) in [4.78, 5) is 13.6. The molecule has 4 N–H and O–H groups in total. The topological polar surface area (TPSA) is 106 Å². The summed E-state index contributed by atoms with van der Waals surface area (Å²) in [6.45, 7) is 2.93. The summed E-state index contributed by atoms with van der Waals surface area (Å²) in [5.41, 5.74) is 5.84. The van der Waals surface area contributed by atoms with Crippen molar-refractivity contribution in [3.8, 4) is 0 Å². The zero-order valence-electron chi connectivity index (χ0n) is 12.3. The van der Waals surface area contributed by atoms with E-state index < -0.39 is 20.7 Å². The lowest BCUT2D eigenvalue weighted by Crippen LogP contribution is -2.51. The SMILES string of the molecule is C[C@H]1CCCN(C(=O)c2ccc(S(N)(=O)=O)c(F)c2)[C@@H]1CN. The van der Waals surface area contributed by atoms with Gasteiger partial charge in [0.2, 0.25) is 10.0 Å². The van der Waals surface area contributed by atoms with Gasteiger partial charge in [0.25, 0.3) is 5.91 Å². The third-order valence-electron chi connectivity index (χ3n) is 4.10. The van der Waals surface area contributed by atoms with Gasteiger partial charge in [-0.3, -0.25) is 4.79 Å². The monoisotopic (exact) mass is 329 g/mol. The van der Waals surface area contributed by atoms with Crippen molar-refractivity contribution in [3.63, 3.8) is 0 Å². The van der Waals surface area contributed by atoms with Crippen LogP contribution in [0.2, 0.25) is 0 Å². The molecule has 1 aromatic rings. The number of carbonyl (C=O) groups is 1. The van der Waals surface area contributed by atoms with Crippen LogP contribution in [0.1, 0.15) is 30.1 Å². The quantitative estimate of drug-likeness (QED) is 0.850. The van der Waals surface area contributed by atoms with E-state index >= 15 is 0 Å². The van der Waals surface area contributed by atoms with E-state index in [0.29, 0.717) is 13.1 Å². The molecular formula is C14H20FN3O3S. The van der Waals surface area contributed by atoms with Gasteiger partial charge in [-0.15, -0.1) is 0 Å². The highest BCUT2D eigenvalue weighted by Crippen LogP contribution is 2.25. The molecule has 0 saturated carbocycles. The predicted molar refractivity (Wildman–Crippen MR) is 80.1 cm³/mol. The average molecular weight is 329 g/mol. The molecule has 122 valence electrons. The number of nitrogens with zero attached hydrogens (tertiary/aromatic N) is 1. The Morgan fingerprint density at radius 1 is 1.45 bits per heavy atom. The Kier molecular flexibility index (Phi) is 4.84. The molecule has 0 radical (unpaired) electrons. The van der Waals surface area contributed by atoms with E-state index in [9.17, 15) is 17.6 Å². The molecule has 0 unspecified atom stereocenters. The minimum absolute atomic E-state index is 0.0949. The molecule has 2 atom stereocenters. The van der Waals surface area contributed by atoms with Crippen LogP contribution in [0.4, 0.5) is 4.39 Å². The zero-order chi connectivity index (χ0) is 16.5. The first kappa shape index (κ1) is 16.9. The molecule has 1 aromatic carbocycles. The van der Waals surface area contributed by atoms with E-state index in [0.717, 1.165) is 25.0 Å². The Bertz CT molecular complexity index is 678. The number of hydrogen-bond acceptors (Lipinski definition) is 4. The van der Waals surface area contributed by atoms with Gasteiger partial charge in [0.15, 0.2) is 0 Å². The van der Waals surface area contributed by atoms with Crippen molar-refractivity contribution < 1.29 is 17.6 Å². The summed E-state index contributed by atoms with van der Waals surface area (Å²) < 4.78 is 36.3. The number of likely N-dealkylation sites (tertiary alicyclic amines) is 1. The maximum atomic E-state index is 13.9. The molecule has 1 saturated heterocycles. The van der Waals surface area contributed by atoms with Gasteiger partial charge in [0.05, 0.1) is 0 Å². The van der Waals surface area contributed by atoms with E-state index in [1.807, 2.05) is 6.92 Å². The minimum Gasteiger partial charge on any atom is -0.334 e. The first-order valence-corrected chi connectivity index (χ1v) is 8.63. The molecule has 2 rings (SSSR count). The lowest BCUT2D eigenvalue weighted by molar-refractivity contribution is 0.0532. The van der Waals surface area contributed by atoms with Crippen molar-refractivity contribution in [2.75, 3.05) is 13.1 Å². The Morgan fingerprint density at radius 2 is 2.14 bits per heavy atom. The number of sulfonamides is 1. The molecule has 1 amide bonds.